The SMILES string of the molecule is CCC[Si](C)(C)CON=C(C)c1ccc(C)c(OC(=COC)C(=O)OC)c1. The number of ether oxygens (including phenoxy) is 3. The maximum Gasteiger partial charge on any atom is 0.377 e. The fraction of sp³-hybridized carbons (Fsp3) is 0.500. The highest BCUT2D eigenvalue weighted by Gasteiger charge is 2.20. The van der Waals surface area contributed by atoms with E-state index >= 15 is 0 Å². The molecular formula is C20H31NO5Si. The van der Waals surface area contributed by atoms with E-state index in [1.807, 2.05) is 32.0 Å². The van der Waals surface area contributed by atoms with Crippen molar-refractivity contribution in [3.8, 4) is 5.75 Å². The fourth-order valence-electron chi connectivity index (χ4n) is 2.48. The number of hydrogen-bond donors (Lipinski definition) is 0. The lowest BCUT2D eigenvalue weighted by Crippen LogP contribution is -2.31. The van der Waals surface area contributed by atoms with Gasteiger partial charge in [-0.05, 0) is 25.5 Å². The first-order chi connectivity index (χ1) is 12.7. The maximum atomic E-state index is 11.8. The minimum Gasteiger partial charge on any atom is -0.500 e. The van der Waals surface area contributed by atoms with Crippen LogP contribution in [0.5, 0.6) is 5.75 Å². The summed E-state index contributed by atoms with van der Waals surface area (Å²) < 4.78 is 15.3. The van der Waals surface area contributed by atoms with Crippen LogP contribution in [0.1, 0.15) is 31.4 Å². The molecule has 0 radical (unpaired) electrons. The van der Waals surface area contributed by atoms with Crippen LogP contribution in [-0.4, -0.2) is 40.2 Å². The fourth-order valence-corrected chi connectivity index (χ4v) is 4.39. The quantitative estimate of drug-likeness (QED) is 0.147. The van der Waals surface area contributed by atoms with Gasteiger partial charge in [0.05, 0.1) is 28.0 Å². The topological polar surface area (TPSA) is 66.3 Å². The molecule has 0 bridgehead atoms. The minimum atomic E-state index is -1.37. The number of esters is 1. The number of rotatable bonds is 10. The van der Waals surface area contributed by atoms with E-state index in [2.05, 4.69) is 25.2 Å². The third kappa shape index (κ3) is 7.46. The van der Waals surface area contributed by atoms with Crippen molar-refractivity contribution < 1.29 is 23.8 Å². The van der Waals surface area contributed by atoms with Crippen molar-refractivity contribution in [3.63, 3.8) is 0 Å². The van der Waals surface area contributed by atoms with Gasteiger partial charge >= 0.3 is 5.97 Å². The van der Waals surface area contributed by atoms with Crippen LogP contribution in [0.3, 0.4) is 0 Å². The third-order valence-corrected chi connectivity index (χ3v) is 6.78. The molecule has 1 aromatic carbocycles. The molecule has 0 aliphatic heterocycles. The van der Waals surface area contributed by atoms with Crippen LogP contribution in [0.25, 0.3) is 0 Å². The molecule has 0 aromatic heterocycles. The van der Waals surface area contributed by atoms with Crippen molar-refractivity contribution in [2.75, 3.05) is 20.4 Å². The first-order valence-corrected chi connectivity index (χ1v) is 12.4. The van der Waals surface area contributed by atoms with E-state index < -0.39 is 14.0 Å². The lowest BCUT2D eigenvalue weighted by atomic mass is 10.1. The molecule has 0 fully saturated rings. The predicted octanol–water partition coefficient (Wildman–Crippen LogP) is 4.43. The Morgan fingerprint density at radius 2 is 1.96 bits per heavy atom. The monoisotopic (exact) mass is 393 g/mol. The summed E-state index contributed by atoms with van der Waals surface area (Å²) in [5, 5.41) is 4.26. The van der Waals surface area contributed by atoms with Gasteiger partial charge in [0.25, 0.3) is 0 Å². The smallest absolute Gasteiger partial charge is 0.377 e. The van der Waals surface area contributed by atoms with Gasteiger partial charge in [-0.2, -0.15) is 0 Å². The first kappa shape index (κ1) is 22.8. The number of benzene rings is 1. The second kappa shape index (κ2) is 10.8. The van der Waals surface area contributed by atoms with Gasteiger partial charge in [0.2, 0.25) is 5.76 Å². The van der Waals surface area contributed by atoms with Crippen molar-refractivity contribution in [2.45, 2.75) is 46.3 Å². The van der Waals surface area contributed by atoms with Crippen molar-refractivity contribution in [2.24, 2.45) is 5.16 Å². The van der Waals surface area contributed by atoms with Crippen molar-refractivity contribution >= 4 is 19.8 Å². The Morgan fingerprint density at radius 1 is 1.26 bits per heavy atom. The summed E-state index contributed by atoms with van der Waals surface area (Å²) in [6, 6.07) is 6.88. The number of carbonyl (C=O) groups is 1. The minimum absolute atomic E-state index is 0.0293. The highest BCUT2D eigenvalue weighted by atomic mass is 28.3. The summed E-state index contributed by atoms with van der Waals surface area (Å²) in [5.41, 5.74) is 2.47. The van der Waals surface area contributed by atoms with Crippen LogP contribution in [0, 0.1) is 6.92 Å². The van der Waals surface area contributed by atoms with E-state index in [0.29, 0.717) is 12.0 Å². The van der Waals surface area contributed by atoms with Gasteiger partial charge in [-0.15, -0.1) is 0 Å². The number of carbonyl (C=O) groups excluding carboxylic acids is 1. The normalized spacial score (nSPS) is 12.6. The lowest BCUT2D eigenvalue weighted by Gasteiger charge is -2.19. The predicted molar refractivity (Wildman–Crippen MR) is 110 cm³/mol. The zero-order valence-corrected chi connectivity index (χ0v) is 18.4. The summed E-state index contributed by atoms with van der Waals surface area (Å²) in [6.07, 6.45) is 3.07. The summed E-state index contributed by atoms with van der Waals surface area (Å²) in [4.78, 5) is 17.4. The first-order valence-electron chi connectivity index (χ1n) is 9.00. The standard InChI is InChI=1S/C20H31NO5Si/c1-8-11-27(6,7)14-25-21-16(3)17-10-9-15(2)18(12-17)26-19(13-23-4)20(22)24-5/h9-10,12-13H,8,11,14H2,1-7H3. The molecule has 0 spiro atoms. The van der Waals surface area contributed by atoms with Gasteiger partial charge in [-0.25, -0.2) is 4.79 Å². The Balaban J connectivity index is 2.95. The van der Waals surface area contributed by atoms with Crippen molar-refractivity contribution in [1.29, 1.82) is 0 Å². The molecule has 0 aliphatic rings. The largest absolute Gasteiger partial charge is 0.500 e. The molecule has 0 saturated heterocycles. The molecule has 6 nitrogen and oxygen atoms in total. The Hall–Kier alpha value is -2.28. The number of methoxy groups -OCH3 is 2. The lowest BCUT2D eigenvalue weighted by molar-refractivity contribution is -0.138. The molecule has 0 N–H and O–H groups in total. The highest BCUT2D eigenvalue weighted by molar-refractivity contribution is 6.77. The second-order valence-corrected chi connectivity index (χ2v) is 12.3. The number of oxime groups is 1. The van der Waals surface area contributed by atoms with E-state index in [1.54, 1.807) is 0 Å². The summed E-state index contributed by atoms with van der Waals surface area (Å²) >= 11 is 0. The van der Waals surface area contributed by atoms with Crippen LogP contribution < -0.4 is 4.74 Å². The molecule has 7 heteroatoms. The Morgan fingerprint density at radius 3 is 2.56 bits per heavy atom. The second-order valence-electron chi connectivity index (χ2n) is 7.16. The van der Waals surface area contributed by atoms with E-state index in [9.17, 15) is 4.79 Å². The molecule has 150 valence electrons. The molecule has 1 aromatic rings. The van der Waals surface area contributed by atoms with Crippen LogP contribution >= 0.6 is 0 Å². The molecule has 0 saturated carbocycles. The molecule has 1 rings (SSSR count). The zero-order valence-electron chi connectivity index (χ0n) is 17.4. The van der Waals surface area contributed by atoms with E-state index in [-0.39, 0.29) is 5.76 Å². The summed E-state index contributed by atoms with van der Waals surface area (Å²) in [7, 11) is 1.36. The number of aryl methyl sites for hydroxylation is 1. The van der Waals surface area contributed by atoms with Crippen molar-refractivity contribution in [1.82, 2.24) is 0 Å². The number of nitrogens with zero attached hydrogens (tertiary/aromatic N) is 1. The van der Waals surface area contributed by atoms with Gasteiger partial charge < -0.3 is 19.0 Å². The van der Waals surface area contributed by atoms with E-state index in [1.165, 1.54) is 32.9 Å². The maximum absolute atomic E-state index is 11.8. The van der Waals surface area contributed by atoms with Gasteiger partial charge in [0, 0.05) is 5.56 Å². The molecule has 0 unspecified atom stereocenters. The van der Waals surface area contributed by atoms with E-state index in [4.69, 9.17) is 19.0 Å². The molecular weight excluding hydrogens is 362 g/mol. The average Bonchev–Trinajstić information content (AvgIpc) is 2.61. The van der Waals surface area contributed by atoms with Gasteiger partial charge in [-0.3, -0.25) is 0 Å². The molecule has 0 atom stereocenters. The van der Waals surface area contributed by atoms with Crippen LogP contribution in [0.2, 0.25) is 19.1 Å². The summed E-state index contributed by atoms with van der Waals surface area (Å²) in [5.74, 6) is -0.117. The average molecular weight is 394 g/mol. The van der Waals surface area contributed by atoms with Gasteiger partial charge in [-0.1, -0.05) is 49.8 Å². The van der Waals surface area contributed by atoms with E-state index in [0.717, 1.165) is 16.8 Å². The number of hydrogen-bond acceptors (Lipinski definition) is 6. The zero-order chi connectivity index (χ0) is 20.4. The van der Waals surface area contributed by atoms with Gasteiger partial charge in [0.1, 0.15) is 18.2 Å². The van der Waals surface area contributed by atoms with Crippen LogP contribution in [0.15, 0.2) is 35.4 Å². The molecule has 0 heterocycles. The Kier molecular flexibility index (Phi) is 9.07. The Bertz CT molecular complexity index is 698. The molecule has 0 amide bonds. The Labute approximate surface area is 163 Å². The highest BCUT2D eigenvalue weighted by Crippen LogP contribution is 2.23. The molecule has 0 aliphatic carbocycles. The third-order valence-electron chi connectivity index (χ3n) is 4.02. The van der Waals surface area contributed by atoms with Gasteiger partial charge in [0.15, 0.2) is 0 Å². The van der Waals surface area contributed by atoms with Crippen LogP contribution in [0.4, 0.5) is 0 Å². The summed E-state index contributed by atoms with van der Waals surface area (Å²) in [6.45, 7) is 10.6. The molecule has 27 heavy (non-hydrogen) atoms. The van der Waals surface area contributed by atoms with Crippen molar-refractivity contribution in [3.05, 3.63) is 41.3 Å². The van der Waals surface area contributed by atoms with Crippen LogP contribution in [-0.2, 0) is 19.1 Å².